The first-order chi connectivity index (χ1) is 15.5. The summed E-state index contributed by atoms with van der Waals surface area (Å²) in [5.41, 5.74) is 3.11. The Kier molecular flexibility index (Phi) is 6.77. The molecule has 0 atom stereocenters. The van der Waals surface area contributed by atoms with Crippen LogP contribution in [0.3, 0.4) is 0 Å². The van der Waals surface area contributed by atoms with Gasteiger partial charge in [-0.1, -0.05) is 17.7 Å². The van der Waals surface area contributed by atoms with Crippen molar-refractivity contribution in [3.63, 3.8) is 0 Å². The number of benzene rings is 1. The summed E-state index contributed by atoms with van der Waals surface area (Å²) in [6, 6.07) is 9.39. The number of aryl methyl sites for hydroxylation is 2. The van der Waals surface area contributed by atoms with Crippen LogP contribution >= 0.6 is 0 Å². The number of aliphatic hydroxyl groups is 1. The van der Waals surface area contributed by atoms with Crippen LogP contribution in [0.25, 0.3) is 11.0 Å². The van der Waals surface area contributed by atoms with E-state index in [2.05, 4.69) is 30.1 Å². The van der Waals surface area contributed by atoms with Crippen LogP contribution in [0.5, 0.6) is 5.75 Å². The SMILES string of the molecule is Cc1ccc(OCC(=O)Nc2cnc3nc(N4CCN(CCO)CC4)nc(C)c3c2)cc1. The minimum atomic E-state index is -0.261. The summed E-state index contributed by atoms with van der Waals surface area (Å²) in [6.45, 7) is 8.04. The maximum atomic E-state index is 12.3. The maximum absolute atomic E-state index is 12.3. The van der Waals surface area contributed by atoms with Gasteiger partial charge < -0.3 is 20.1 Å². The first kappa shape index (κ1) is 21.9. The van der Waals surface area contributed by atoms with Gasteiger partial charge in [0.1, 0.15) is 5.75 Å². The van der Waals surface area contributed by atoms with Crippen molar-refractivity contribution in [3.8, 4) is 5.75 Å². The van der Waals surface area contributed by atoms with Gasteiger partial charge in [-0.2, -0.15) is 4.98 Å². The lowest BCUT2D eigenvalue weighted by molar-refractivity contribution is -0.118. The molecule has 0 spiro atoms. The first-order valence-electron chi connectivity index (χ1n) is 10.7. The van der Waals surface area contributed by atoms with E-state index in [1.54, 1.807) is 6.20 Å². The molecule has 32 heavy (non-hydrogen) atoms. The molecule has 168 valence electrons. The van der Waals surface area contributed by atoms with Crippen molar-refractivity contribution in [1.82, 2.24) is 19.9 Å². The van der Waals surface area contributed by atoms with Crippen LogP contribution in [0.15, 0.2) is 36.5 Å². The number of rotatable bonds is 7. The number of anilines is 2. The molecule has 4 rings (SSSR count). The molecule has 0 saturated carbocycles. The van der Waals surface area contributed by atoms with Gasteiger partial charge in [0.05, 0.1) is 24.2 Å². The highest BCUT2D eigenvalue weighted by Crippen LogP contribution is 2.22. The number of amides is 1. The zero-order valence-corrected chi connectivity index (χ0v) is 18.4. The Morgan fingerprint density at radius 2 is 1.88 bits per heavy atom. The summed E-state index contributed by atoms with van der Waals surface area (Å²) in [5, 5.41) is 12.7. The summed E-state index contributed by atoms with van der Waals surface area (Å²) >= 11 is 0. The number of carbonyl (C=O) groups excluding carboxylic acids is 1. The highest BCUT2D eigenvalue weighted by molar-refractivity contribution is 5.94. The quantitative estimate of drug-likeness (QED) is 0.578. The molecule has 1 amide bonds. The minimum absolute atomic E-state index is 0.0855. The number of aromatic nitrogens is 3. The molecule has 2 N–H and O–H groups in total. The predicted octanol–water partition coefficient (Wildman–Crippen LogP) is 1.77. The van der Waals surface area contributed by atoms with E-state index < -0.39 is 0 Å². The number of aliphatic hydroxyl groups excluding tert-OH is 1. The second-order valence-electron chi connectivity index (χ2n) is 7.91. The molecule has 3 heterocycles. The Hall–Kier alpha value is -3.30. The van der Waals surface area contributed by atoms with E-state index in [1.165, 1.54) is 0 Å². The highest BCUT2D eigenvalue weighted by atomic mass is 16.5. The van der Waals surface area contributed by atoms with Crippen molar-refractivity contribution in [2.75, 3.05) is 56.2 Å². The van der Waals surface area contributed by atoms with Gasteiger partial charge in [-0.15, -0.1) is 0 Å². The third-order valence-corrected chi connectivity index (χ3v) is 5.48. The van der Waals surface area contributed by atoms with Crippen LogP contribution < -0.4 is 15.0 Å². The van der Waals surface area contributed by atoms with Gasteiger partial charge in [0.25, 0.3) is 5.91 Å². The fourth-order valence-electron chi connectivity index (χ4n) is 3.65. The molecular weight excluding hydrogens is 408 g/mol. The van der Waals surface area contributed by atoms with E-state index in [9.17, 15) is 4.79 Å². The number of pyridine rings is 1. The molecule has 9 heteroatoms. The van der Waals surface area contributed by atoms with Crippen LogP contribution in [0.4, 0.5) is 11.6 Å². The fraction of sp³-hybridized carbons (Fsp3) is 0.391. The second-order valence-corrected chi connectivity index (χ2v) is 7.91. The van der Waals surface area contributed by atoms with Gasteiger partial charge in [0.2, 0.25) is 5.95 Å². The average Bonchev–Trinajstić information content (AvgIpc) is 2.80. The van der Waals surface area contributed by atoms with Gasteiger partial charge in [-0.05, 0) is 32.0 Å². The zero-order valence-electron chi connectivity index (χ0n) is 18.4. The molecule has 1 aliphatic rings. The number of nitrogens with zero attached hydrogens (tertiary/aromatic N) is 5. The third kappa shape index (κ3) is 5.30. The van der Waals surface area contributed by atoms with Gasteiger partial charge in [0.15, 0.2) is 12.3 Å². The first-order valence-corrected chi connectivity index (χ1v) is 10.7. The second kappa shape index (κ2) is 9.88. The maximum Gasteiger partial charge on any atom is 0.262 e. The molecule has 3 aromatic rings. The van der Waals surface area contributed by atoms with E-state index in [4.69, 9.17) is 9.84 Å². The molecule has 0 aliphatic carbocycles. The van der Waals surface area contributed by atoms with Crippen molar-refractivity contribution in [1.29, 1.82) is 0 Å². The predicted molar refractivity (Wildman–Crippen MR) is 123 cm³/mol. The van der Waals surface area contributed by atoms with E-state index in [1.807, 2.05) is 44.2 Å². The molecule has 0 bridgehead atoms. The van der Waals surface area contributed by atoms with Crippen LogP contribution in [-0.2, 0) is 4.79 Å². The number of β-amino-alcohol motifs (C(OH)–C–C–N with tert-alkyl or cyclic N) is 1. The van der Waals surface area contributed by atoms with Crippen molar-refractivity contribution in [2.24, 2.45) is 0 Å². The number of piperazine rings is 1. The summed E-state index contributed by atoms with van der Waals surface area (Å²) < 4.78 is 5.53. The van der Waals surface area contributed by atoms with Crippen LogP contribution in [0.1, 0.15) is 11.3 Å². The molecule has 1 saturated heterocycles. The Labute approximate surface area is 187 Å². The lowest BCUT2D eigenvalue weighted by Crippen LogP contribution is -2.47. The Morgan fingerprint density at radius 3 is 2.59 bits per heavy atom. The van der Waals surface area contributed by atoms with Crippen LogP contribution in [0.2, 0.25) is 0 Å². The summed E-state index contributed by atoms with van der Waals surface area (Å²) in [5.74, 6) is 1.05. The van der Waals surface area contributed by atoms with Crippen LogP contribution in [-0.4, -0.2) is 76.8 Å². The van der Waals surface area contributed by atoms with E-state index in [-0.39, 0.29) is 19.1 Å². The molecule has 1 aromatic carbocycles. The molecule has 1 fully saturated rings. The molecule has 9 nitrogen and oxygen atoms in total. The van der Waals surface area contributed by atoms with Crippen molar-refractivity contribution >= 4 is 28.6 Å². The lowest BCUT2D eigenvalue weighted by Gasteiger charge is -2.34. The van der Waals surface area contributed by atoms with E-state index >= 15 is 0 Å². The summed E-state index contributed by atoms with van der Waals surface area (Å²) in [4.78, 5) is 30.4. The Morgan fingerprint density at radius 1 is 1.12 bits per heavy atom. The topological polar surface area (TPSA) is 104 Å². The normalized spacial score (nSPS) is 14.5. The number of ether oxygens (including phenoxy) is 1. The lowest BCUT2D eigenvalue weighted by atomic mass is 10.2. The molecule has 2 aromatic heterocycles. The fourth-order valence-corrected chi connectivity index (χ4v) is 3.65. The number of fused-ring (bicyclic) bond motifs is 1. The van der Waals surface area contributed by atoms with Crippen molar-refractivity contribution in [2.45, 2.75) is 13.8 Å². The smallest absolute Gasteiger partial charge is 0.262 e. The standard InChI is InChI=1S/C23H28N6O3/c1-16-3-5-19(6-4-16)32-15-21(31)26-18-13-20-17(2)25-23(27-22(20)24-14-18)29-9-7-28(8-10-29)11-12-30/h3-6,13-14,30H,7-12,15H2,1-2H3,(H,26,31). The molecule has 0 radical (unpaired) electrons. The number of hydrogen-bond acceptors (Lipinski definition) is 8. The third-order valence-electron chi connectivity index (χ3n) is 5.48. The van der Waals surface area contributed by atoms with E-state index in [0.29, 0.717) is 29.6 Å². The largest absolute Gasteiger partial charge is 0.484 e. The van der Waals surface area contributed by atoms with E-state index in [0.717, 1.165) is 42.8 Å². The summed E-state index contributed by atoms with van der Waals surface area (Å²) in [6.07, 6.45) is 1.60. The number of hydrogen-bond donors (Lipinski definition) is 2. The minimum Gasteiger partial charge on any atom is -0.484 e. The van der Waals surface area contributed by atoms with Crippen molar-refractivity contribution < 1.29 is 14.6 Å². The monoisotopic (exact) mass is 436 g/mol. The Bertz CT molecular complexity index is 1080. The van der Waals surface area contributed by atoms with Gasteiger partial charge in [0, 0.05) is 38.1 Å². The van der Waals surface area contributed by atoms with Gasteiger partial charge in [-0.3, -0.25) is 9.69 Å². The molecular formula is C23H28N6O3. The zero-order chi connectivity index (χ0) is 22.5. The Balaban J connectivity index is 1.40. The number of carbonyl (C=O) groups is 1. The molecule has 1 aliphatic heterocycles. The van der Waals surface area contributed by atoms with Gasteiger partial charge >= 0.3 is 0 Å². The number of nitrogens with one attached hydrogen (secondary N) is 1. The summed E-state index contributed by atoms with van der Waals surface area (Å²) in [7, 11) is 0. The van der Waals surface area contributed by atoms with Crippen LogP contribution in [0, 0.1) is 13.8 Å². The van der Waals surface area contributed by atoms with Gasteiger partial charge in [-0.25, -0.2) is 9.97 Å². The highest BCUT2D eigenvalue weighted by Gasteiger charge is 2.20. The average molecular weight is 437 g/mol. The van der Waals surface area contributed by atoms with Crippen molar-refractivity contribution in [3.05, 3.63) is 47.8 Å². The molecule has 0 unspecified atom stereocenters.